The van der Waals surface area contributed by atoms with Crippen LogP contribution in [0, 0.1) is 0 Å². The summed E-state index contributed by atoms with van der Waals surface area (Å²) in [6, 6.07) is 12.2. The Balaban J connectivity index is 1.35. The number of imide groups is 1. The smallest absolute Gasteiger partial charge is 0.416 e. The number of hydrogen-bond donors (Lipinski definition) is 1. The second-order valence-corrected chi connectivity index (χ2v) is 9.16. The van der Waals surface area contributed by atoms with Crippen molar-refractivity contribution in [2.75, 3.05) is 24.5 Å². The zero-order valence-electron chi connectivity index (χ0n) is 19.8. The maximum absolute atomic E-state index is 13.8. The van der Waals surface area contributed by atoms with E-state index < -0.39 is 29.8 Å². The van der Waals surface area contributed by atoms with Crippen LogP contribution in [-0.4, -0.2) is 47.1 Å². The van der Waals surface area contributed by atoms with E-state index in [1.807, 2.05) is 30.3 Å². The summed E-state index contributed by atoms with van der Waals surface area (Å²) in [6.45, 7) is 0.969. The van der Waals surface area contributed by atoms with Crippen LogP contribution in [0.4, 0.5) is 28.4 Å². The van der Waals surface area contributed by atoms with Crippen LogP contribution in [0.1, 0.15) is 36.4 Å². The van der Waals surface area contributed by atoms with E-state index in [0.717, 1.165) is 17.7 Å². The van der Waals surface area contributed by atoms with Gasteiger partial charge < -0.3 is 14.2 Å². The molecule has 0 aliphatic carbocycles. The number of rotatable bonds is 4. The number of ether oxygens (including phenoxy) is 1. The Morgan fingerprint density at radius 1 is 1.03 bits per heavy atom. The van der Waals surface area contributed by atoms with Crippen LogP contribution in [0.25, 0.3) is 10.9 Å². The molecule has 0 saturated carbocycles. The van der Waals surface area contributed by atoms with Crippen molar-refractivity contribution < 1.29 is 32.3 Å². The lowest BCUT2D eigenvalue weighted by molar-refractivity contribution is -0.137. The van der Waals surface area contributed by atoms with E-state index in [-0.39, 0.29) is 31.3 Å². The van der Waals surface area contributed by atoms with E-state index in [2.05, 4.69) is 5.32 Å². The van der Waals surface area contributed by atoms with Crippen LogP contribution in [0.15, 0.2) is 54.7 Å². The van der Waals surface area contributed by atoms with Crippen molar-refractivity contribution >= 4 is 34.6 Å². The first-order valence-electron chi connectivity index (χ1n) is 12.0. The molecule has 0 atom stereocenters. The number of fused-ring (bicyclic) bond motifs is 1. The Kier molecular flexibility index (Phi) is 6.53. The van der Waals surface area contributed by atoms with Crippen LogP contribution < -0.4 is 10.2 Å². The van der Waals surface area contributed by atoms with E-state index >= 15 is 0 Å². The number of carbonyl (C=O) groups is 3. The van der Waals surface area contributed by atoms with E-state index in [1.54, 1.807) is 21.7 Å². The zero-order chi connectivity index (χ0) is 26.2. The van der Waals surface area contributed by atoms with Crippen molar-refractivity contribution in [3.05, 3.63) is 65.9 Å². The molecule has 1 N–H and O–H groups in total. The van der Waals surface area contributed by atoms with E-state index in [4.69, 9.17) is 4.74 Å². The minimum Gasteiger partial charge on any atom is -0.445 e. The molecule has 0 bridgehead atoms. The summed E-state index contributed by atoms with van der Waals surface area (Å²) in [5.74, 6) is -0.462. The van der Waals surface area contributed by atoms with Gasteiger partial charge in [-0.2, -0.15) is 13.2 Å². The van der Waals surface area contributed by atoms with Crippen LogP contribution in [0.2, 0.25) is 0 Å². The molecule has 8 nitrogen and oxygen atoms in total. The monoisotopic (exact) mass is 514 g/mol. The molecule has 1 aromatic heterocycles. The largest absolute Gasteiger partial charge is 0.445 e. The van der Waals surface area contributed by atoms with Crippen molar-refractivity contribution in [2.45, 2.75) is 38.1 Å². The number of halogens is 3. The third-order valence-electron chi connectivity index (χ3n) is 6.81. The fourth-order valence-corrected chi connectivity index (χ4v) is 4.88. The molecule has 11 heteroatoms. The molecule has 0 radical (unpaired) electrons. The highest BCUT2D eigenvalue weighted by Gasteiger charge is 2.35. The van der Waals surface area contributed by atoms with Crippen molar-refractivity contribution in [1.29, 1.82) is 0 Å². The molecule has 2 aliphatic heterocycles. The lowest BCUT2D eigenvalue weighted by Crippen LogP contribution is -2.49. The topological polar surface area (TPSA) is 83.9 Å². The van der Waals surface area contributed by atoms with Crippen molar-refractivity contribution in [3.8, 4) is 0 Å². The number of anilines is 1. The highest BCUT2D eigenvalue weighted by atomic mass is 19.4. The third kappa shape index (κ3) is 5.11. The van der Waals surface area contributed by atoms with Gasteiger partial charge in [0.25, 0.3) is 0 Å². The number of piperidine rings is 1. The number of aromatic nitrogens is 1. The number of alkyl halides is 3. The number of nitrogens with one attached hydrogen (secondary N) is 1. The summed E-state index contributed by atoms with van der Waals surface area (Å²) in [7, 11) is 0. The lowest BCUT2D eigenvalue weighted by Gasteiger charge is -2.33. The zero-order valence-corrected chi connectivity index (χ0v) is 19.8. The molecular weight excluding hydrogens is 489 g/mol. The number of carbonyl (C=O) groups excluding carboxylic acids is 3. The maximum atomic E-state index is 13.8. The molecular formula is C26H25F3N4O4. The van der Waals surface area contributed by atoms with E-state index in [0.29, 0.717) is 36.8 Å². The number of benzene rings is 2. The van der Waals surface area contributed by atoms with Gasteiger partial charge >= 0.3 is 18.3 Å². The summed E-state index contributed by atoms with van der Waals surface area (Å²) in [6.07, 6.45) is -2.25. The Bertz CT molecular complexity index is 1330. The van der Waals surface area contributed by atoms with E-state index in [9.17, 15) is 27.6 Å². The first-order valence-corrected chi connectivity index (χ1v) is 12.0. The van der Waals surface area contributed by atoms with Gasteiger partial charge in [0, 0.05) is 43.7 Å². The van der Waals surface area contributed by atoms with Crippen LogP contribution in [0.5, 0.6) is 0 Å². The number of amides is 4. The van der Waals surface area contributed by atoms with Gasteiger partial charge in [0.2, 0.25) is 5.91 Å². The standard InChI is InChI=1S/C26H25F3N4O4/c27-26(28,29)18-14-21-20(22(15-18)33-13-9-23(34)30-24(33)35)8-12-32(21)19-6-10-31(11-7-19)25(36)37-16-17-4-2-1-3-5-17/h1-5,8,12,14-15,19H,6-7,9-11,13,16H2,(H,30,34,35). The number of hydrogen-bond acceptors (Lipinski definition) is 4. The van der Waals surface area contributed by atoms with Crippen molar-refractivity contribution in [3.63, 3.8) is 0 Å². The van der Waals surface area contributed by atoms with Crippen LogP contribution >= 0.6 is 0 Å². The molecule has 2 aromatic carbocycles. The molecule has 2 saturated heterocycles. The summed E-state index contributed by atoms with van der Waals surface area (Å²) in [4.78, 5) is 39.3. The quantitative estimate of drug-likeness (QED) is 0.526. The van der Waals surface area contributed by atoms with Gasteiger partial charge in [0.1, 0.15) is 6.61 Å². The summed E-state index contributed by atoms with van der Waals surface area (Å²) in [5.41, 5.74) is 0.462. The Labute approximate surface area is 210 Å². The summed E-state index contributed by atoms with van der Waals surface area (Å²) < 4.78 is 48.6. The molecule has 194 valence electrons. The lowest BCUT2D eigenvalue weighted by atomic mass is 10.0. The van der Waals surface area contributed by atoms with Gasteiger partial charge in [-0.25, -0.2) is 9.59 Å². The minimum absolute atomic E-state index is 0.00300. The van der Waals surface area contributed by atoms with Crippen molar-refractivity contribution in [1.82, 2.24) is 14.8 Å². The van der Waals surface area contributed by atoms with Gasteiger partial charge in [-0.1, -0.05) is 30.3 Å². The first-order chi connectivity index (χ1) is 17.7. The normalized spacial score (nSPS) is 17.3. The van der Waals surface area contributed by atoms with Crippen LogP contribution in [-0.2, 0) is 22.3 Å². The first kappa shape index (κ1) is 24.7. The average molecular weight is 515 g/mol. The van der Waals surface area contributed by atoms with Gasteiger partial charge in [-0.3, -0.25) is 15.0 Å². The summed E-state index contributed by atoms with van der Waals surface area (Å²) >= 11 is 0. The molecule has 2 aliphatic rings. The SMILES string of the molecule is O=C1CCN(c2cc(C(F)(F)F)cc3c2ccn3C2CCN(C(=O)OCc3ccccc3)CC2)C(=O)N1. The molecule has 4 amide bonds. The van der Waals surface area contributed by atoms with E-state index in [1.165, 1.54) is 4.90 Å². The maximum Gasteiger partial charge on any atom is 0.416 e. The fraction of sp³-hybridized carbons (Fsp3) is 0.346. The van der Waals surface area contributed by atoms with Crippen molar-refractivity contribution in [2.24, 2.45) is 0 Å². The van der Waals surface area contributed by atoms with Gasteiger partial charge in [-0.05, 0) is 36.6 Å². The Morgan fingerprint density at radius 3 is 2.43 bits per heavy atom. The van der Waals surface area contributed by atoms with Gasteiger partial charge in [0.05, 0.1) is 16.8 Å². The average Bonchev–Trinajstić information content (AvgIpc) is 3.31. The second-order valence-electron chi connectivity index (χ2n) is 9.16. The number of nitrogens with zero attached hydrogens (tertiary/aromatic N) is 3. The Morgan fingerprint density at radius 2 is 1.76 bits per heavy atom. The molecule has 2 fully saturated rings. The van der Waals surface area contributed by atoms with Gasteiger partial charge in [0.15, 0.2) is 0 Å². The molecule has 0 unspecified atom stereocenters. The molecule has 3 aromatic rings. The predicted molar refractivity (Wildman–Crippen MR) is 129 cm³/mol. The molecule has 5 rings (SSSR count). The molecule has 37 heavy (non-hydrogen) atoms. The molecule has 3 heterocycles. The highest BCUT2D eigenvalue weighted by molar-refractivity contribution is 6.10. The Hall–Kier alpha value is -4.02. The van der Waals surface area contributed by atoms with Gasteiger partial charge in [-0.15, -0.1) is 0 Å². The fourth-order valence-electron chi connectivity index (χ4n) is 4.88. The number of likely N-dealkylation sites (tertiary alicyclic amines) is 1. The predicted octanol–water partition coefficient (Wildman–Crippen LogP) is 5.08. The summed E-state index contributed by atoms with van der Waals surface area (Å²) in [5, 5.41) is 2.66. The highest BCUT2D eigenvalue weighted by Crippen LogP contribution is 2.39. The third-order valence-corrected chi connectivity index (χ3v) is 6.81. The number of urea groups is 1. The second kappa shape index (κ2) is 9.79. The van der Waals surface area contributed by atoms with Crippen LogP contribution in [0.3, 0.4) is 0 Å². The minimum atomic E-state index is -4.62. The molecule has 0 spiro atoms.